The number of thiazole rings is 1. The largest absolute Gasteiger partial charge is 0.288 e. The predicted molar refractivity (Wildman–Crippen MR) is 127 cm³/mol. The Balaban J connectivity index is 1.64. The van der Waals surface area contributed by atoms with Crippen molar-refractivity contribution in [1.29, 1.82) is 0 Å². The van der Waals surface area contributed by atoms with E-state index < -0.39 is 0 Å². The molecule has 31 heavy (non-hydrogen) atoms. The van der Waals surface area contributed by atoms with Crippen molar-refractivity contribution in [3.63, 3.8) is 0 Å². The Hall–Kier alpha value is -3.77. The minimum atomic E-state index is -0.146. The molecule has 0 fully saturated rings. The van der Waals surface area contributed by atoms with Gasteiger partial charge in [0, 0.05) is 11.3 Å². The summed E-state index contributed by atoms with van der Waals surface area (Å²) < 4.78 is 2.57. The van der Waals surface area contributed by atoms with Gasteiger partial charge in [-0.05, 0) is 24.6 Å². The fourth-order valence-corrected chi connectivity index (χ4v) is 4.47. The first-order valence-electron chi connectivity index (χ1n) is 10.0. The summed E-state index contributed by atoms with van der Waals surface area (Å²) in [4.78, 5) is 22.9. The van der Waals surface area contributed by atoms with Crippen LogP contribution in [0.25, 0.3) is 26.6 Å². The Kier molecular flexibility index (Phi) is 5.06. The van der Waals surface area contributed by atoms with Gasteiger partial charge in [0.1, 0.15) is 0 Å². The summed E-state index contributed by atoms with van der Waals surface area (Å²) in [6, 6.07) is 27.8. The molecule has 5 nitrogen and oxygen atoms in total. The number of fused-ring (bicyclic) bond motifs is 1. The number of aliphatic imine (C=N–C) groups is 1. The van der Waals surface area contributed by atoms with Crippen LogP contribution >= 0.6 is 11.3 Å². The van der Waals surface area contributed by atoms with Gasteiger partial charge in [-0.1, -0.05) is 84.1 Å². The first-order chi connectivity index (χ1) is 15.2. The molecule has 3 aromatic carbocycles. The van der Waals surface area contributed by atoms with E-state index in [9.17, 15) is 4.79 Å². The number of nitrogens with zero attached hydrogens (tertiary/aromatic N) is 3. The Labute approximate surface area is 183 Å². The summed E-state index contributed by atoms with van der Waals surface area (Å²) in [6.45, 7) is 2.41. The minimum absolute atomic E-state index is 0.146. The first kappa shape index (κ1) is 19.2. The number of aromatic amines is 1. The number of aromatic nitrogens is 3. The molecular weight excluding hydrogens is 404 g/mol. The monoisotopic (exact) mass is 424 g/mol. The third kappa shape index (κ3) is 3.73. The van der Waals surface area contributed by atoms with Gasteiger partial charge in [0.15, 0.2) is 0 Å². The van der Waals surface area contributed by atoms with E-state index in [4.69, 9.17) is 4.99 Å². The van der Waals surface area contributed by atoms with Crippen LogP contribution in [0.3, 0.4) is 0 Å². The quantitative estimate of drug-likeness (QED) is 0.381. The maximum atomic E-state index is 13.5. The average molecular weight is 425 g/mol. The van der Waals surface area contributed by atoms with Gasteiger partial charge in [0.05, 0.1) is 28.0 Å². The van der Waals surface area contributed by atoms with Crippen molar-refractivity contribution in [3.05, 3.63) is 106 Å². The molecule has 0 aliphatic heterocycles. The summed E-state index contributed by atoms with van der Waals surface area (Å²) >= 11 is 1.48. The third-order valence-electron chi connectivity index (χ3n) is 5.13. The van der Waals surface area contributed by atoms with Crippen molar-refractivity contribution < 1.29 is 0 Å². The van der Waals surface area contributed by atoms with Crippen LogP contribution in [-0.4, -0.2) is 20.5 Å². The van der Waals surface area contributed by atoms with Crippen molar-refractivity contribution in [3.8, 4) is 16.4 Å². The number of nitrogens with one attached hydrogen (secondary N) is 1. The van der Waals surface area contributed by atoms with Crippen LogP contribution in [0.1, 0.15) is 18.1 Å². The van der Waals surface area contributed by atoms with Crippen molar-refractivity contribution in [2.24, 2.45) is 4.99 Å². The van der Waals surface area contributed by atoms with Crippen LogP contribution in [-0.2, 0) is 6.54 Å². The number of hydrogen-bond acceptors (Lipinski definition) is 4. The molecule has 0 radical (unpaired) electrons. The van der Waals surface area contributed by atoms with Gasteiger partial charge in [0.25, 0.3) is 5.56 Å². The molecule has 2 heterocycles. The summed E-state index contributed by atoms with van der Waals surface area (Å²) in [6.07, 6.45) is 0. The van der Waals surface area contributed by atoms with Crippen LogP contribution in [0.15, 0.2) is 94.7 Å². The normalized spacial score (nSPS) is 11.8. The maximum Gasteiger partial charge on any atom is 0.283 e. The number of rotatable bonds is 5. The molecule has 0 bridgehead atoms. The molecular formula is C25H20N4OS. The summed E-state index contributed by atoms with van der Waals surface area (Å²) in [5.41, 5.74) is 4.78. The minimum Gasteiger partial charge on any atom is -0.288 e. The van der Waals surface area contributed by atoms with Gasteiger partial charge in [-0.3, -0.25) is 14.9 Å². The highest BCUT2D eigenvalue weighted by Gasteiger charge is 2.20. The Morgan fingerprint density at radius 3 is 2.39 bits per heavy atom. The van der Waals surface area contributed by atoms with Gasteiger partial charge in [-0.25, -0.2) is 4.98 Å². The average Bonchev–Trinajstić information content (AvgIpc) is 3.39. The van der Waals surface area contributed by atoms with Gasteiger partial charge in [-0.15, -0.1) is 0 Å². The highest BCUT2D eigenvalue weighted by atomic mass is 32.1. The second-order valence-corrected chi connectivity index (χ2v) is 8.23. The first-order valence-corrected chi connectivity index (χ1v) is 10.8. The standard InChI is InChI=1S/C25H20N4OS/c1-17(26-16-18-10-4-2-5-11-18)22-23(19-12-6-3-7-13-19)28-29(24(22)30)25-27-20-14-8-9-15-21(20)31-25/h2-15,28H,16H2,1H3. The lowest BCUT2D eigenvalue weighted by Crippen LogP contribution is -2.19. The molecule has 0 unspecified atom stereocenters. The van der Waals surface area contributed by atoms with E-state index >= 15 is 0 Å². The van der Waals surface area contributed by atoms with Crippen molar-refractivity contribution in [2.45, 2.75) is 13.5 Å². The predicted octanol–water partition coefficient (Wildman–Crippen LogP) is 5.45. The molecule has 0 amide bonds. The van der Waals surface area contributed by atoms with E-state index in [0.717, 1.165) is 27.0 Å². The van der Waals surface area contributed by atoms with Crippen LogP contribution in [0, 0.1) is 0 Å². The zero-order valence-electron chi connectivity index (χ0n) is 16.9. The second-order valence-electron chi connectivity index (χ2n) is 7.22. The van der Waals surface area contributed by atoms with Gasteiger partial charge in [0.2, 0.25) is 5.13 Å². The second kappa shape index (κ2) is 8.16. The van der Waals surface area contributed by atoms with Crippen molar-refractivity contribution >= 4 is 27.3 Å². The van der Waals surface area contributed by atoms with Crippen LogP contribution in [0.2, 0.25) is 0 Å². The van der Waals surface area contributed by atoms with Crippen molar-refractivity contribution in [2.75, 3.05) is 0 Å². The number of para-hydroxylation sites is 1. The highest BCUT2D eigenvalue weighted by Crippen LogP contribution is 2.26. The molecule has 1 N–H and O–H groups in total. The summed E-state index contributed by atoms with van der Waals surface area (Å²) in [5, 5.41) is 3.91. The zero-order valence-corrected chi connectivity index (χ0v) is 17.8. The molecule has 0 aliphatic rings. The lowest BCUT2D eigenvalue weighted by atomic mass is 10.1. The molecule has 2 aromatic heterocycles. The molecule has 5 aromatic rings. The Morgan fingerprint density at radius 1 is 0.968 bits per heavy atom. The lowest BCUT2D eigenvalue weighted by molar-refractivity contribution is 0.845. The van der Waals surface area contributed by atoms with Crippen molar-refractivity contribution in [1.82, 2.24) is 14.8 Å². The van der Waals surface area contributed by atoms with E-state index in [0.29, 0.717) is 23.0 Å². The molecule has 0 atom stereocenters. The number of hydrogen-bond donors (Lipinski definition) is 1. The maximum absolute atomic E-state index is 13.5. The molecule has 0 saturated heterocycles. The highest BCUT2D eigenvalue weighted by molar-refractivity contribution is 7.20. The molecule has 0 spiro atoms. The Morgan fingerprint density at radius 2 is 1.65 bits per heavy atom. The SMILES string of the molecule is CC(=NCc1ccccc1)c1c(-c2ccccc2)[nH]n(-c2nc3ccccc3s2)c1=O. The van der Waals surface area contributed by atoms with Gasteiger partial charge in [-0.2, -0.15) is 4.68 Å². The third-order valence-corrected chi connectivity index (χ3v) is 6.15. The lowest BCUT2D eigenvalue weighted by Gasteiger charge is -2.03. The van der Waals surface area contributed by atoms with Gasteiger partial charge < -0.3 is 0 Å². The molecule has 0 aliphatic carbocycles. The van der Waals surface area contributed by atoms with Gasteiger partial charge >= 0.3 is 0 Å². The smallest absolute Gasteiger partial charge is 0.283 e. The Bertz CT molecular complexity index is 1400. The van der Waals surface area contributed by atoms with E-state index in [1.165, 1.54) is 16.0 Å². The van der Waals surface area contributed by atoms with E-state index in [-0.39, 0.29) is 5.56 Å². The van der Waals surface area contributed by atoms with E-state index in [1.54, 1.807) is 0 Å². The van der Waals surface area contributed by atoms with Crippen LogP contribution in [0.5, 0.6) is 0 Å². The van der Waals surface area contributed by atoms with Crippen LogP contribution in [0.4, 0.5) is 0 Å². The van der Waals surface area contributed by atoms with Crippen LogP contribution < -0.4 is 5.56 Å². The zero-order chi connectivity index (χ0) is 21.2. The molecule has 5 rings (SSSR count). The fourth-order valence-electron chi connectivity index (χ4n) is 3.55. The number of H-pyrrole nitrogens is 1. The van der Waals surface area contributed by atoms with E-state index in [2.05, 4.69) is 10.1 Å². The summed E-state index contributed by atoms with van der Waals surface area (Å²) in [5.74, 6) is 0. The molecule has 6 heteroatoms. The molecule has 0 saturated carbocycles. The topological polar surface area (TPSA) is 63.0 Å². The summed E-state index contributed by atoms with van der Waals surface area (Å²) in [7, 11) is 0. The fraction of sp³-hybridized carbons (Fsp3) is 0.0800. The van der Waals surface area contributed by atoms with E-state index in [1.807, 2.05) is 91.9 Å². The molecule has 152 valence electrons. The number of benzene rings is 3.